The van der Waals surface area contributed by atoms with Crippen molar-refractivity contribution < 1.29 is 14.1 Å². The van der Waals surface area contributed by atoms with Gasteiger partial charge in [-0.3, -0.25) is 0 Å². The molecule has 0 saturated heterocycles. The van der Waals surface area contributed by atoms with Gasteiger partial charge in [-0.1, -0.05) is 18.2 Å². The molecular formula is C25H23NO3S. The molecule has 2 unspecified atom stereocenters. The molecule has 2 heterocycles. The molecule has 0 saturated carbocycles. The highest BCUT2D eigenvalue weighted by atomic mass is 32.2. The van der Waals surface area contributed by atoms with E-state index in [9.17, 15) is 9.32 Å². The summed E-state index contributed by atoms with van der Waals surface area (Å²) in [6.07, 6.45) is 4.18. The summed E-state index contributed by atoms with van der Waals surface area (Å²) in [7, 11) is 0.737. The Hall–Kier alpha value is -3.05. The third kappa shape index (κ3) is 2.55. The molecule has 0 bridgehead atoms. The summed E-state index contributed by atoms with van der Waals surface area (Å²) in [5.41, 5.74) is 2.46. The number of hydrogen-bond acceptors (Lipinski definition) is 4. The number of phenolic OH excluding ortho intramolecular Hbond substituents is 1. The first-order valence-electron chi connectivity index (χ1n) is 9.90. The van der Waals surface area contributed by atoms with Crippen molar-refractivity contribution in [2.24, 2.45) is 0 Å². The Labute approximate surface area is 178 Å². The van der Waals surface area contributed by atoms with E-state index in [0.717, 1.165) is 11.3 Å². The molecule has 5 rings (SSSR count). The minimum atomic E-state index is -1.33. The van der Waals surface area contributed by atoms with E-state index >= 15 is 0 Å². The van der Waals surface area contributed by atoms with Crippen LogP contribution in [0.15, 0.2) is 82.6 Å². The summed E-state index contributed by atoms with van der Waals surface area (Å²) in [6, 6.07) is 20.5. The van der Waals surface area contributed by atoms with Crippen LogP contribution < -0.4 is 9.64 Å². The summed E-state index contributed by atoms with van der Waals surface area (Å²) in [5, 5.41) is 9.47. The molecule has 0 amide bonds. The SMILES string of the molecule is CN1c2ccccc2C(C)(C)C12C=Cc1cc(S(=O)c3ccc(O)cc3)ccc1O2. The zero-order valence-electron chi connectivity index (χ0n) is 17.1. The molecule has 1 N–H and O–H groups in total. The summed E-state index contributed by atoms with van der Waals surface area (Å²) in [5.74, 6) is 0.934. The van der Waals surface area contributed by atoms with Gasteiger partial charge in [-0.15, -0.1) is 0 Å². The molecule has 2 atom stereocenters. The molecule has 2 aliphatic heterocycles. The van der Waals surface area contributed by atoms with Gasteiger partial charge in [-0.25, -0.2) is 4.21 Å². The lowest BCUT2D eigenvalue weighted by atomic mass is 9.76. The lowest BCUT2D eigenvalue weighted by Gasteiger charge is -2.45. The molecule has 3 aromatic carbocycles. The van der Waals surface area contributed by atoms with Crippen LogP contribution in [0.3, 0.4) is 0 Å². The molecule has 0 radical (unpaired) electrons. The third-order valence-electron chi connectivity index (χ3n) is 6.33. The largest absolute Gasteiger partial charge is 0.508 e. The van der Waals surface area contributed by atoms with Crippen LogP contribution in [-0.4, -0.2) is 22.1 Å². The van der Waals surface area contributed by atoms with Crippen LogP contribution in [0.4, 0.5) is 5.69 Å². The van der Waals surface area contributed by atoms with E-state index in [-0.39, 0.29) is 11.2 Å². The van der Waals surface area contributed by atoms with Crippen molar-refractivity contribution in [1.29, 1.82) is 0 Å². The number of likely N-dealkylation sites (N-methyl/N-ethyl adjacent to an activating group) is 1. The van der Waals surface area contributed by atoms with Crippen molar-refractivity contribution in [3.63, 3.8) is 0 Å². The van der Waals surface area contributed by atoms with E-state index in [1.165, 1.54) is 11.3 Å². The molecule has 0 aromatic heterocycles. The van der Waals surface area contributed by atoms with E-state index < -0.39 is 16.5 Å². The van der Waals surface area contributed by atoms with Crippen molar-refractivity contribution in [2.45, 2.75) is 34.8 Å². The lowest BCUT2D eigenvalue weighted by molar-refractivity contribution is 0.0581. The van der Waals surface area contributed by atoms with Crippen LogP contribution in [0.1, 0.15) is 25.0 Å². The smallest absolute Gasteiger partial charge is 0.211 e. The van der Waals surface area contributed by atoms with Gasteiger partial charge < -0.3 is 14.7 Å². The summed E-state index contributed by atoms with van der Waals surface area (Å²) in [4.78, 5) is 3.55. The summed E-state index contributed by atoms with van der Waals surface area (Å²) >= 11 is 0. The van der Waals surface area contributed by atoms with Gasteiger partial charge in [0.1, 0.15) is 11.5 Å². The Morgan fingerprint density at radius 1 is 0.967 bits per heavy atom. The number of anilines is 1. The van der Waals surface area contributed by atoms with Crippen molar-refractivity contribution in [2.75, 3.05) is 11.9 Å². The maximum Gasteiger partial charge on any atom is 0.211 e. The molecule has 152 valence electrons. The van der Waals surface area contributed by atoms with Crippen LogP contribution in [0.2, 0.25) is 0 Å². The molecule has 0 fully saturated rings. The fourth-order valence-electron chi connectivity index (χ4n) is 4.58. The normalized spacial score (nSPS) is 21.8. The summed E-state index contributed by atoms with van der Waals surface area (Å²) in [6.45, 7) is 4.41. The van der Waals surface area contributed by atoms with Crippen LogP contribution in [-0.2, 0) is 16.2 Å². The molecule has 30 heavy (non-hydrogen) atoms. The molecule has 0 aliphatic carbocycles. The quantitative estimate of drug-likeness (QED) is 0.631. The Kier molecular flexibility index (Phi) is 4.09. The molecule has 5 heteroatoms. The van der Waals surface area contributed by atoms with Crippen molar-refractivity contribution in [3.8, 4) is 11.5 Å². The number of aromatic hydroxyl groups is 1. The second-order valence-corrected chi connectivity index (χ2v) is 9.78. The average molecular weight is 418 g/mol. The second kappa shape index (κ2) is 6.47. The Bertz CT molecular complexity index is 1200. The monoisotopic (exact) mass is 417 g/mol. The highest BCUT2D eigenvalue weighted by Crippen LogP contribution is 2.54. The van der Waals surface area contributed by atoms with Gasteiger partial charge in [0, 0.05) is 28.1 Å². The van der Waals surface area contributed by atoms with Crippen LogP contribution in [0.5, 0.6) is 11.5 Å². The Morgan fingerprint density at radius 3 is 2.40 bits per heavy atom. The number of ether oxygens (including phenoxy) is 1. The first-order valence-corrected chi connectivity index (χ1v) is 11.0. The van der Waals surface area contributed by atoms with E-state index in [4.69, 9.17) is 4.74 Å². The zero-order chi connectivity index (χ0) is 21.1. The standard InChI is InChI=1S/C25H23NO3S/c1-24(2)21-6-4-5-7-22(21)26(3)25(24)15-14-17-16-20(12-13-23(17)29-25)30(28)19-10-8-18(27)9-11-19/h4-16,27H,1-3H3. The number of nitrogens with zero attached hydrogens (tertiary/aromatic N) is 1. The van der Waals surface area contributed by atoms with Gasteiger partial charge >= 0.3 is 0 Å². The second-order valence-electron chi connectivity index (χ2n) is 8.30. The first-order chi connectivity index (χ1) is 14.3. The highest BCUT2D eigenvalue weighted by molar-refractivity contribution is 7.85. The fraction of sp³-hybridized carbons (Fsp3) is 0.200. The predicted octanol–water partition coefficient (Wildman–Crippen LogP) is 5.09. The number of para-hydroxylation sites is 1. The molecule has 1 spiro atoms. The number of phenols is 1. The van der Waals surface area contributed by atoms with Gasteiger partial charge in [0.2, 0.25) is 5.72 Å². The maximum absolute atomic E-state index is 13.0. The molecule has 2 aliphatic rings. The number of benzene rings is 3. The zero-order valence-corrected chi connectivity index (χ0v) is 17.9. The van der Waals surface area contributed by atoms with Crippen molar-refractivity contribution in [1.82, 2.24) is 0 Å². The number of hydrogen-bond donors (Lipinski definition) is 1. The number of fused-ring (bicyclic) bond motifs is 2. The summed E-state index contributed by atoms with van der Waals surface area (Å²) < 4.78 is 19.6. The van der Waals surface area contributed by atoms with Crippen LogP contribution in [0.25, 0.3) is 6.08 Å². The molecule has 4 nitrogen and oxygen atoms in total. The van der Waals surface area contributed by atoms with Crippen LogP contribution >= 0.6 is 0 Å². The van der Waals surface area contributed by atoms with E-state index in [1.807, 2.05) is 18.2 Å². The lowest BCUT2D eigenvalue weighted by Crippen LogP contribution is -2.58. The fourth-order valence-corrected chi connectivity index (χ4v) is 5.66. The van der Waals surface area contributed by atoms with Crippen molar-refractivity contribution in [3.05, 3.63) is 83.9 Å². The highest BCUT2D eigenvalue weighted by Gasteiger charge is 2.57. The Morgan fingerprint density at radius 2 is 1.67 bits per heavy atom. The van der Waals surface area contributed by atoms with Gasteiger partial charge in [-0.2, -0.15) is 0 Å². The van der Waals surface area contributed by atoms with Gasteiger partial charge in [0.15, 0.2) is 0 Å². The van der Waals surface area contributed by atoms with Gasteiger partial charge in [-0.05, 0) is 80.1 Å². The topological polar surface area (TPSA) is 49.8 Å². The molecule has 3 aromatic rings. The molecular weight excluding hydrogens is 394 g/mol. The minimum absolute atomic E-state index is 0.159. The first kappa shape index (κ1) is 18.9. The van der Waals surface area contributed by atoms with E-state index in [2.05, 4.69) is 62.2 Å². The number of rotatable bonds is 2. The van der Waals surface area contributed by atoms with E-state index in [1.54, 1.807) is 24.3 Å². The van der Waals surface area contributed by atoms with Crippen LogP contribution in [0, 0.1) is 0 Å². The van der Waals surface area contributed by atoms with Gasteiger partial charge in [0.05, 0.1) is 16.2 Å². The predicted molar refractivity (Wildman–Crippen MR) is 119 cm³/mol. The van der Waals surface area contributed by atoms with Gasteiger partial charge in [0.25, 0.3) is 0 Å². The van der Waals surface area contributed by atoms with Crippen molar-refractivity contribution >= 4 is 22.6 Å². The maximum atomic E-state index is 13.0. The third-order valence-corrected chi connectivity index (χ3v) is 7.72. The Balaban J connectivity index is 1.52. The average Bonchev–Trinajstić information content (AvgIpc) is 2.92. The van der Waals surface area contributed by atoms with E-state index in [0.29, 0.717) is 9.79 Å². The minimum Gasteiger partial charge on any atom is -0.508 e.